The van der Waals surface area contributed by atoms with Crippen LogP contribution in [0.1, 0.15) is 63.6 Å². The lowest BCUT2D eigenvalue weighted by Gasteiger charge is -2.55. The van der Waals surface area contributed by atoms with Crippen LogP contribution in [0.25, 0.3) is 0 Å². The second kappa shape index (κ2) is 9.99. The standard InChI is InChI=1S/C27H31Cl2NO5S/c1-16(2)23(15-36(33,34)17(3)4)30-25(18-8-10-20(28)11-9-18)22(19-6-5-7-21(29)12-19)13-27(26(30)32)14-24(31)35-27/h5-12,16-17,22-23,25H,13-15H2,1-4H3. The minimum atomic E-state index is -3.50. The first-order valence-electron chi connectivity index (χ1n) is 12.1. The van der Waals surface area contributed by atoms with Crippen molar-refractivity contribution in [2.75, 3.05) is 5.75 Å². The number of amides is 1. The van der Waals surface area contributed by atoms with Crippen molar-refractivity contribution in [2.24, 2.45) is 5.92 Å². The van der Waals surface area contributed by atoms with Gasteiger partial charge in [-0.1, -0.05) is 61.3 Å². The minimum Gasteiger partial charge on any atom is -0.448 e. The van der Waals surface area contributed by atoms with Crippen LogP contribution in [-0.4, -0.2) is 47.8 Å². The van der Waals surface area contributed by atoms with Crippen molar-refractivity contribution in [2.45, 2.75) is 69.4 Å². The van der Waals surface area contributed by atoms with E-state index in [0.29, 0.717) is 10.0 Å². The fraction of sp³-hybridized carbons (Fsp3) is 0.481. The molecule has 2 aromatic rings. The van der Waals surface area contributed by atoms with E-state index in [-0.39, 0.29) is 36.3 Å². The number of sulfone groups is 1. The summed E-state index contributed by atoms with van der Waals surface area (Å²) in [6, 6.07) is 13.5. The summed E-state index contributed by atoms with van der Waals surface area (Å²) < 4.78 is 31.8. The molecule has 0 bridgehead atoms. The molecule has 2 aliphatic heterocycles. The van der Waals surface area contributed by atoms with Gasteiger partial charge in [0.25, 0.3) is 5.91 Å². The van der Waals surface area contributed by atoms with E-state index in [4.69, 9.17) is 27.9 Å². The van der Waals surface area contributed by atoms with Gasteiger partial charge in [0.15, 0.2) is 9.84 Å². The summed E-state index contributed by atoms with van der Waals surface area (Å²) in [5.74, 6) is -1.45. The van der Waals surface area contributed by atoms with Crippen LogP contribution >= 0.6 is 23.2 Å². The number of ether oxygens (including phenoxy) is 1. The minimum absolute atomic E-state index is 0.0333. The molecular formula is C27H31Cl2NO5S. The van der Waals surface area contributed by atoms with Crippen LogP contribution in [0.2, 0.25) is 10.0 Å². The van der Waals surface area contributed by atoms with Crippen LogP contribution in [0.5, 0.6) is 0 Å². The van der Waals surface area contributed by atoms with Gasteiger partial charge in [-0.05, 0) is 55.2 Å². The molecule has 194 valence electrons. The summed E-state index contributed by atoms with van der Waals surface area (Å²) in [6.45, 7) is 7.11. The Kier molecular flexibility index (Phi) is 7.48. The van der Waals surface area contributed by atoms with E-state index in [0.717, 1.165) is 11.1 Å². The van der Waals surface area contributed by atoms with Crippen LogP contribution in [-0.2, 0) is 24.2 Å². The Hall–Kier alpha value is -2.09. The maximum absolute atomic E-state index is 14.2. The summed E-state index contributed by atoms with van der Waals surface area (Å²) in [7, 11) is -3.50. The highest BCUT2D eigenvalue weighted by Crippen LogP contribution is 2.53. The first-order valence-corrected chi connectivity index (χ1v) is 14.6. The van der Waals surface area contributed by atoms with Gasteiger partial charge < -0.3 is 9.64 Å². The predicted molar refractivity (Wildman–Crippen MR) is 141 cm³/mol. The van der Waals surface area contributed by atoms with Crippen molar-refractivity contribution in [1.82, 2.24) is 4.90 Å². The highest BCUT2D eigenvalue weighted by molar-refractivity contribution is 7.92. The molecule has 1 amide bonds. The third-order valence-corrected chi connectivity index (χ3v) is 10.1. The zero-order chi connectivity index (χ0) is 26.4. The second-order valence-electron chi connectivity index (χ2n) is 10.4. The molecule has 4 rings (SSSR count). The number of carbonyl (C=O) groups excluding carboxylic acids is 2. The number of rotatable bonds is 7. The number of piperidine rings is 1. The van der Waals surface area contributed by atoms with E-state index >= 15 is 0 Å². The monoisotopic (exact) mass is 551 g/mol. The highest BCUT2D eigenvalue weighted by atomic mass is 35.5. The number of halogens is 2. The first-order chi connectivity index (χ1) is 16.8. The van der Waals surface area contributed by atoms with Crippen molar-refractivity contribution >= 4 is 44.9 Å². The van der Waals surface area contributed by atoms with Crippen molar-refractivity contribution < 1.29 is 22.7 Å². The zero-order valence-electron chi connectivity index (χ0n) is 20.8. The third kappa shape index (κ3) is 5.02. The van der Waals surface area contributed by atoms with Gasteiger partial charge in [-0.15, -0.1) is 0 Å². The molecule has 0 radical (unpaired) electrons. The molecule has 2 aliphatic rings. The summed E-state index contributed by atoms with van der Waals surface area (Å²) >= 11 is 12.5. The number of nitrogens with zero attached hydrogens (tertiary/aromatic N) is 1. The zero-order valence-corrected chi connectivity index (χ0v) is 23.1. The molecule has 0 aromatic heterocycles. The molecular weight excluding hydrogens is 521 g/mol. The van der Waals surface area contributed by atoms with Gasteiger partial charge in [-0.2, -0.15) is 0 Å². The van der Waals surface area contributed by atoms with Crippen LogP contribution in [0.3, 0.4) is 0 Å². The summed E-state index contributed by atoms with van der Waals surface area (Å²) in [5, 5.41) is 0.513. The molecule has 1 spiro atoms. The largest absolute Gasteiger partial charge is 0.448 e. The Bertz CT molecular complexity index is 1250. The maximum atomic E-state index is 14.2. The Labute approximate surface area is 222 Å². The molecule has 2 saturated heterocycles. The molecule has 0 aliphatic carbocycles. The Morgan fingerprint density at radius 1 is 1.00 bits per heavy atom. The molecule has 6 nitrogen and oxygen atoms in total. The Morgan fingerprint density at radius 2 is 1.64 bits per heavy atom. The molecule has 0 N–H and O–H groups in total. The van der Waals surface area contributed by atoms with E-state index in [1.807, 2.05) is 44.2 Å². The molecule has 0 saturated carbocycles. The Morgan fingerprint density at radius 3 is 2.17 bits per heavy atom. The van der Waals surface area contributed by atoms with E-state index in [2.05, 4.69) is 0 Å². The van der Waals surface area contributed by atoms with Crippen LogP contribution < -0.4 is 0 Å². The molecule has 9 heteroatoms. The van der Waals surface area contributed by atoms with Gasteiger partial charge in [0.05, 0.1) is 23.5 Å². The molecule has 36 heavy (non-hydrogen) atoms. The SMILES string of the molecule is CC(C)C(CS(=O)(=O)C(C)C)N1C(=O)C2(CC(=O)O2)CC(c2cccc(Cl)c2)C1c1ccc(Cl)cc1. The van der Waals surface area contributed by atoms with Crippen LogP contribution in [0, 0.1) is 5.92 Å². The number of likely N-dealkylation sites (tertiary alicyclic amines) is 1. The fourth-order valence-electron chi connectivity index (χ4n) is 5.26. The predicted octanol–water partition coefficient (Wildman–Crippen LogP) is 5.58. The maximum Gasteiger partial charge on any atom is 0.311 e. The molecule has 4 atom stereocenters. The van der Waals surface area contributed by atoms with E-state index in [1.54, 1.807) is 36.9 Å². The number of carbonyl (C=O) groups is 2. The molecule has 4 unspecified atom stereocenters. The molecule has 2 aromatic carbocycles. The van der Waals surface area contributed by atoms with Crippen molar-refractivity contribution in [3.8, 4) is 0 Å². The van der Waals surface area contributed by atoms with Crippen LogP contribution in [0.4, 0.5) is 0 Å². The van der Waals surface area contributed by atoms with E-state index in [9.17, 15) is 18.0 Å². The number of hydrogen-bond donors (Lipinski definition) is 0. The lowest BCUT2D eigenvalue weighted by atomic mass is 9.70. The second-order valence-corrected chi connectivity index (χ2v) is 13.9. The highest BCUT2D eigenvalue weighted by Gasteiger charge is 2.62. The van der Waals surface area contributed by atoms with Gasteiger partial charge >= 0.3 is 5.97 Å². The van der Waals surface area contributed by atoms with Gasteiger partial charge in [-0.3, -0.25) is 9.59 Å². The van der Waals surface area contributed by atoms with Crippen molar-refractivity contribution in [3.63, 3.8) is 0 Å². The van der Waals surface area contributed by atoms with Gasteiger partial charge in [0.1, 0.15) is 0 Å². The lowest BCUT2D eigenvalue weighted by Crippen LogP contribution is -2.67. The Balaban J connectivity index is 1.92. The van der Waals surface area contributed by atoms with Gasteiger partial charge in [0.2, 0.25) is 5.60 Å². The number of benzene rings is 2. The molecule has 2 heterocycles. The summed E-state index contributed by atoms with van der Waals surface area (Å²) in [6.07, 6.45) is 0.248. The normalized spacial score (nSPS) is 25.3. The summed E-state index contributed by atoms with van der Waals surface area (Å²) in [4.78, 5) is 27.9. The lowest BCUT2D eigenvalue weighted by molar-refractivity contribution is -0.212. The first kappa shape index (κ1) is 27.0. The fourth-order valence-corrected chi connectivity index (χ4v) is 6.99. The van der Waals surface area contributed by atoms with E-state index < -0.39 is 38.7 Å². The van der Waals surface area contributed by atoms with Gasteiger partial charge in [0, 0.05) is 28.4 Å². The smallest absolute Gasteiger partial charge is 0.311 e. The topological polar surface area (TPSA) is 80.8 Å². The third-order valence-electron chi connectivity index (χ3n) is 7.33. The van der Waals surface area contributed by atoms with E-state index in [1.165, 1.54) is 0 Å². The van der Waals surface area contributed by atoms with Crippen molar-refractivity contribution in [1.29, 1.82) is 0 Å². The van der Waals surface area contributed by atoms with Crippen molar-refractivity contribution in [3.05, 3.63) is 69.7 Å². The molecule has 2 fully saturated rings. The number of hydrogen-bond acceptors (Lipinski definition) is 5. The van der Waals surface area contributed by atoms with Crippen LogP contribution in [0.15, 0.2) is 48.5 Å². The average Bonchev–Trinajstić information content (AvgIpc) is 2.78. The average molecular weight is 553 g/mol. The number of esters is 1. The van der Waals surface area contributed by atoms with Gasteiger partial charge in [-0.25, -0.2) is 8.42 Å². The summed E-state index contributed by atoms with van der Waals surface area (Å²) in [5.41, 5.74) is 0.393. The quantitative estimate of drug-likeness (QED) is 0.419.